The van der Waals surface area contributed by atoms with Gasteiger partial charge in [0, 0.05) is 25.8 Å². The second-order valence-electron chi connectivity index (χ2n) is 7.12. The number of methoxy groups -OCH3 is 2. The predicted molar refractivity (Wildman–Crippen MR) is 110 cm³/mol. The van der Waals surface area contributed by atoms with Gasteiger partial charge in [-0.05, 0) is 43.2 Å². The summed E-state index contributed by atoms with van der Waals surface area (Å²) in [4.78, 5) is 19.0. The lowest BCUT2D eigenvalue weighted by atomic mass is 10.2. The second-order valence-corrected chi connectivity index (χ2v) is 7.12. The van der Waals surface area contributed by atoms with Crippen LogP contribution in [0.4, 0.5) is 0 Å². The topological polar surface area (TPSA) is 72.9 Å². The van der Waals surface area contributed by atoms with E-state index in [0.717, 1.165) is 30.8 Å². The minimum absolute atomic E-state index is 0.00478. The highest BCUT2D eigenvalue weighted by Gasteiger charge is 2.30. The number of amides is 1. The van der Waals surface area contributed by atoms with Crippen LogP contribution in [0.5, 0.6) is 11.5 Å². The quantitative estimate of drug-likeness (QED) is 0.698. The highest BCUT2D eigenvalue weighted by molar-refractivity contribution is 5.81. The summed E-state index contributed by atoms with van der Waals surface area (Å²) in [7, 11) is 3.20. The maximum atomic E-state index is 12.6. The molecule has 1 aromatic carbocycles. The first-order valence-electron chi connectivity index (χ1n) is 9.85. The second kappa shape index (κ2) is 10.2. The van der Waals surface area contributed by atoms with E-state index in [9.17, 15) is 4.79 Å². The molecule has 0 unspecified atom stereocenters. The Morgan fingerprint density at radius 3 is 2.79 bits per heavy atom. The van der Waals surface area contributed by atoms with E-state index in [1.807, 2.05) is 43.3 Å². The van der Waals surface area contributed by atoms with Gasteiger partial charge in [-0.1, -0.05) is 12.1 Å². The molecule has 0 saturated carbocycles. The van der Waals surface area contributed by atoms with E-state index in [1.54, 1.807) is 20.4 Å². The van der Waals surface area contributed by atoms with E-state index in [2.05, 4.69) is 15.2 Å². The Bertz CT molecular complexity index is 800. The van der Waals surface area contributed by atoms with Crippen LogP contribution in [-0.2, 0) is 22.7 Å². The number of pyridine rings is 1. The molecule has 7 nitrogen and oxygen atoms in total. The van der Waals surface area contributed by atoms with Gasteiger partial charge < -0.3 is 19.5 Å². The summed E-state index contributed by atoms with van der Waals surface area (Å²) in [6.07, 6.45) is 2.81. The Morgan fingerprint density at radius 2 is 2.07 bits per heavy atom. The number of carbonyl (C=O) groups excluding carboxylic acids is 1. The molecule has 0 bridgehead atoms. The first-order chi connectivity index (χ1) is 14.1. The lowest BCUT2D eigenvalue weighted by Crippen LogP contribution is -2.44. The van der Waals surface area contributed by atoms with E-state index in [4.69, 9.17) is 14.2 Å². The monoisotopic (exact) mass is 399 g/mol. The van der Waals surface area contributed by atoms with E-state index < -0.39 is 0 Å². The zero-order valence-corrected chi connectivity index (χ0v) is 17.3. The average Bonchev–Trinajstić information content (AvgIpc) is 3.25. The number of nitrogens with zero attached hydrogens (tertiary/aromatic N) is 2. The molecule has 1 amide bonds. The first-order valence-corrected chi connectivity index (χ1v) is 9.85. The number of nitrogens with one attached hydrogen (secondary N) is 1. The van der Waals surface area contributed by atoms with Gasteiger partial charge in [-0.2, -0.15) is 0 Å². The fourth-order valence-corrected chi connectivity index (χ4v) is 3.42. The van der Waals surface area contributed by atoms with E-state index in [-0.39, 0.29) is 18.1 Å². The summed E-state index contributed by atoms with van der Waals surface area (Å²) in [5.74, 6) is 1.33. The van der Waals surface area contributed by atoms with E-state index in [0.29, 0.717) is 24.7 Å². The summed E-state index contributed by atoms with van der Waals surface area (Å²) < 4.78 is 16.5. The molecule has 1 aliphatic rings. The van der Waals surface area contributed by atoms with Crippen LogP contribution in [0.25, 0.3) is 0 Å². The molecule has 1 saturated heterocycles. The van der Waals surface area contributed by atoms with Gasteiger partial charge in [-0.25, -0.2) is 0 Å². The van der Waals surface area contributed by atoms with Crippen LogP contribution in [0.2, 0.25) is 0 Å². The normalized spacial score (nSPS) is 17.7. The number of hydrogen-bond donors (Lipinski definition) is 1. The van der Waals surface area contributed by atoms with Crippen molar-refractivity contribution in [2.75, 3.05) is 27.3 Å². The molecule has 3 rings (SSSR count). The summed E-state index contributed by atoms with van der Waals surface area (Å²) in [5.41, 5.74) is 1.88. The maximum Gasteiger partial charge on any atom is 0.237 e. The van der Waals surface area contributed by atoms with Gasteiger partial charge in [0.25, 0.3) is 0 Å². The summed E-state index contributed by atoms with van der Waals surface area (Å²) in [6, 6.07) is 11.2. The smallest absolute Gasteiger partial charge is 0.237 e. The molecule has 0 aliphatic carbocycles. The summed E-state index contributed by atoms with van der Waals surface area (Å²) in [5, 5.41) is 3.01. The molecule has 0 radical (unpaired) electrons. The Kier molecular flexibility index (Phi) is 7.43. The number of rotatable bonds is 9. The Labute approximate surface area is 172 Å². The van der Waals surface area contributed by atoms with Crippen LogP contribution >= 0.6 is 0 Å². The number of ether oxygens (including phenoxy) is 3. The van der Waals surface area contributed by atoms with Crippen molar-refractivity contribution >= 4 is 5.91 Å². The Balaban J connectivity index is 1.45. The van der Waals surface area contributed by atoms with Gasteiger partial charge in [0.2, 0.25) is 5.91 Å². The fraction of sp³-hybridized carbons (Fsp3) is 0.455. The lowest BCUT2D eigenvalue weighted by molar-refractivity contribution is -0.125. The minimum Gasteiger partial charge on any atom is -0.493 e. The number of aromatic nitrogens is 1. The molecule has 2 heterocycles. The molecule has 156 valence electrons. The van der Waals surface area contributed by atoms with Crippen LogP contribution in [0.3, 0.4) is 0 Å². The minimum atomic E-state index is -0.210. The van der Waals surface area contributed by atoms with Crippen molar-refractivity contribution in [1.29, 1.82) is 0 Å². The molecule has 1 N–H and O–H groups in total. The van der Waals surface area contributed by atoms with Gasteiger partial charge in [-0.15, -0.1) is 0 Å². The standard InChI is InChI=1S/C22H29N3O4/c1-16(22(26)24-13-17-7-8-20(27-2)21(12-17)28-3)25-11-9-19(14-25)29-15-18-6-4-5-10-23-18/h4-8,10,12,16,19H,9,11,13-15H2,1-3H3,(H,24,26)/t16-,19-/m1/s1. The van der Waals surface area contributed by atoms with Gasteiger partial charge in [0.05, 0.1) is 38.7 Å². The van der Waals surface area contributed by atoms with Crippen molar-refractivity contribution in [1.82, 2.24) is 15.2 Å². The van der Waals surface area contributed by atoms with Crippen LogP contribution < -0.4 is 14.8 Å². The SMILES string of the molecule is COc1ccc(CNC(=O)[C@@H](C)N2CC[C@@H](OCc3ccccn3)C2)cc1OC. The first kappa shape index (κ1) is 21.1. The molecule has 1 fully saturated rings. The predicted octanol–water partition coefficient (Wildman–Crippen LogP) is 2.39. The van der Waals surface area contributed by atoms with Crippen molar-refractivity contribution in [2.24, 2.45) is 0 Å². The average molecular weight is 399 g/mol. The highest BCUT2D eigenvalue weighted by atomic mass is 16.5. The summed E-state index contributed by atoms with van der Waals surface area (Å²) >= 11 is 0. The largest absolute Gasteiger partial charge is 0.493 e. The molecular weight excluding hydrogens is 370 g/mol. The van der Waals surface area contributed by atoms with Crippen molar-refractivity contribution in [3.8, 4) is 11.5 Å². The third-order valence-electron chi connectivity index (χ3n) is 5.21. The number of carbonyl (C=O) groups is 1. The highest BCUT2D eigenvalue weighted by Crippen LogP contribution is 2.27. The number of likely N-dealkylation sites (tertiary alicyclic amines) is 1. The Hall–Kier alpha value is -2.64. The van der Waals surface area contributed by atoms with Crippen molar-refractivity contribution in [3.63, 3.8) is 0 Å². The zero-order valence-electron chi connectivity index (χ0n) is 17.3. The zero-order chi connectivity index (χ0) is 20.6. The van der Waals surface area contributed by atoms with Crippen LogP contribution in [0.15, 0.2) is 42.6 Å². The van der Waals surface area contributed by atoms with Gasteiger partial charge in [-0.3, -0.25) is 14.7 Å². The number of hydrogen-bond acceptors (Lipinski definition) is 6. The third-order valence-corrected chi connectivity index (χ3v) is 5.21. The van der Waals surface area contributed by atoms with E-state index in [1.165, 1.54) is 0 Å². The maximum absolute atomic E-state index is 12.6. The van der Waals surface area contributed by atoms with Crippen molar-refractivity contribution < 1.29 is 19.0 Å². The molecule has 7 heteroatoms. The molecule has 2 aromatic rings. The van der Waals surface area contributed by atoms with Crippen LogP contribution in [0, 0.1) is 0 Å². The Morgan fingerprint density at radius 1 is 1.24 bits per heavy atom. The summed E-state index contributed by atoms with van der Waals surface area (Å²) in [6.45, 7) is 4.47. The van der Waals surface area contributed by atoms with Crippen molar-refractivity contribution in [2.45, 2.75) is 38.6 Å². The fourth-order valence-electron chi connectivity index (χ4n) is 3.42. The molecule has 0 spiro atoms. The molecule has 2 atom stereocenters. The third kappa shape index (κ3) is 5.68. The molecule has 29 heavy (non-hydrogen) atoms. The van der Waals surface area contributed by atoms with Crippen LogP contribution in [0.1, 0.15) is 24.6 Å². The molecule has 1 aromatic heterocycles. The van der Waals surface area contributed by atoms with Crippen LogP contribution in [-0.4, -0.2) is 55.2 Å². The molecule has 1 aliphatic heterocycles. The van der Waals surface area contributed by atoms with E-state index >= 15 is 0 Å². The number of benzene rings is 1. The molecular formula is C22H29N3O4. The lowest BCUT2D eigenvalue weighted by Gasteiger charge is -2.23. The van der Waals surface area contributed by atoms with Gasteiger partial charge in [0.15, 0.2) is 11.5 Å². The van der Waals surface area contributed by atoms with Gasteiger partial charge >= 0.3 is 0 Å². The van der Waals surface area contributed by atoms with Gasteiger partial charge in [0.1, 0.15) is 0 Å². The van der Waals surface area contributed by atoms with Crippen molar-refractivity contribution in [3.05, 3.63) is 53.9 Å².